The smallest absolute Gasteiger partial charge is 0.338 e. The van der Waals surface area contributed by atoms with Crippen LogP contribution >= 0.6 is 0 Å². The van der Waals surface area contributed by atoms with Crippen LogP contribution in [0, 0.1) is 50.0 Å². The van der Waals surface area contributed by atoms with Crippen molar-refractivity contribution < 1.29 is 24.7 Å². The summed E-state index contributed by atoms with van der Waals surface area (Å²) in [6.07, 6.45) is 3.45. The number of nitro groups is 1. The Balaban J connectivity index is 1.25. The van der Waals surface area contributed by atoms with E-state index >= 15 is 0 Å². The van der Waals surface area contributed by atoms with Gasteiger partial charge in [-0.3, -0.25) is 15.0 Å². The summed E-state index contributed by atoms with van der Waals surface area (Å²) in [6, 6.07) is 5.77. The molecule has 9 bridgehead atoms. The number of piperidine rings is 2. The molecule has 12 atom stereocenters. The van der Waals surface area contributed by atoms with E-state index < -0.39 is 34.2 Å². The standard InChI is InChI=1S/C27H30N2O6/c1-13-16-10-17-20-25-9-3-8-24(2)12-28(20)27(32,23(24)25)11-26(17,21(13)30)19(25)18(16)35-22(31)14-4-6-15(7-5-14)29(33)34/h4-7,16-21,23,30,32H,1,3,8-12H2,2H3/t16-,17-,18+,19+,20-,21-,23-,24+,25+,26+,27-/m1/s1. The zero-order valence-electron chi connectivity index (χ0n) is 19.7. The van der Waals surface area contributed by atoms with Crippen molar-refractivity contribution in [3.05, 3.63) is 52.1 Å². The van der Waals surface area contributed by atoms with E-state index in [1.54, 1.807) is 0 Å². The molecule has 2 N–H and O–H groups in total. The van der Waals surface area contributed by atoms with Gasteiger partial charge in [-0.15, -0.1) is 0 Å². The fourth-order valence-electron chi connectivity index (χ4n) is 11.6. The van der Waals surface area contributed by atoms with Gasteiger partial charge in [0.2, 0.25) is 0 Å². The van der Waals surface area contributed by atoms with Crippen LogP contribution < -0.4 is 0 Å². The van der Waals surface area contributed by atoms with Crippen LogP contribution in [-0.2, 0) is 4.74 Å². The predicted molar refractivity (Wildman–Crippen MR) is 123 cm³/mol. The summed E-state index contributed by atoms with van der Waals surface area (Å²) in [4.78, 5) is 26.3. The first-order valence-corrected chi connectivity index (χ1v) is 12.9. The van der Waals surface area contributed by atoms with Gasteiger partial charge in [-0.2, -0.15) is 0 Å². The average molecular weight is 479 g/mol. The van der Waals surface area contributed by atoms with Crippen molar-refractivity contribution in [3.8, 4) is 0 Å². The number of non-ortho nitro benzene ring substituents is 1. The number of hydrogen-bond donors (Lipinski definition) is 2. The van der Waals surface area contributed by atoms with Crippen molar-refractivity contribution >= 4 is 11.7 Å². The minimum absolute atomic E-state index is 0.0125. The average Bonchev–Trinajstić information content (AvgIpc) is 3.18. The van der Waals surface area contributed by atoms with Crippen LogP contribution in [0.5, 0.6) is 0 Å². The molecule has 0 aromatic heterocycles. The second-order valence-corrected chi connectivity index (χ2v) is 12.9. The Morgan fingerprint density at radius 1 is 1.26 bits per heavy atom. The molecule has 0 amide bonds. The second kappa shape index (κ2) is 5.82. The maximum Gasteiger partial charge on any atom is 0.338 e. The Kier molecular flexibility index (Phi) is 3.47. The SMILES string of the molecule is C=C1[C@H]2C[C@@H]3[C@H]4N5C[C@]6(C)CCC[C@]47[C@H]([C@H]2OC(=O)c2ccc([N+](=O)[O-])cc2)[C@@]3(C[C@@]5(O)[C@H]67)[C@@H]1O. The first kappa shape index (κ1) is 20.9. The summed E-state index contributed by atoms with van der Waals surface area (Å²) in [5, 5.41) is 34.9. The molecule has 184 valence electrons. The third-order valence-corrected chi connectivity index (χ3v) is 11.9. The number of ether oxygens (including phenoxy) is 1. The summed E-state index contributed by atoms with van der Waals surface area (Å²) in [5.41, 5.74) is -0.579. The highest BCUT2D eigenvalue weighted by atomic mass is 16.6. The number of aliphatic hydroxyl groups is 2. The molecule has 2 spiro atoms. The monoisotopic (exact) mass is 478 g/mol. The minimum Gasteiger partial charge on any atom is -0.458 e. The number of nitrogens with zero attached hydrogens (tertiary/aromatic N) is 2. The molecule has 3 aliphatic heterocycles. The summed E-state index contributed by atoms with van der Waals surface area (Å²) in [7, 11) is 0. The van der Waals surface area contributed by atoms with Crippen molar-refractivity contribution in [2.45, 2.75) is 63.0 Å². The van der Waals surface area contributed by atoms with Crippen LogP contribution in [0.1, 0.15) is 49.4 Å². The van der Waals surface area contributed by atoms with E-state index in [4.69, 9.17) is 4.74 Å². The van der Waals surface area contributed by atoms with Crippen molar-refractivity contribution in [2.75, 3.05) is 6.54 Å². The fourth-order valence-corrected chi connectivity index (χ4v) is 11.6. The van der Waals surface area contributed by atoms with Crippen LogP contribution in [0.25, 0.3) is 0 Å². The van der Waals surface area contributed by atoms with E-state index in [0.717, 1.165) is 37.8 Å². The number of rotatable bonds is 3. The molecule has 9 aliphatic rings. The number of fused-ring (bicyclic) bond motifs is 1. The van der Waals surface area contributed by atoms with Gasteiger partial charge in [-0.05, 0) is 54.7 Å². The molecule has 9 fully saturated rings. The Hall–Kier alpha value is -2.29. The van der Waals surface area contributed by atoms with Gasteiger partial charge in [-0.25, -0.2) is 4.79 Å². The zero-order chi connectivity index (χ0) is 24.3. The Labute approximate surface area is 203 Å². The highest BCUT2D eigenvalue weighted by Crippen LogP contribution is 2.89. The maximum absolute atomic E-state index is 13.4. The van der Waals surface area contributed by atoms with E-state index in [9.17, 15) is 25.1 Å². The van der Waals surface area contributed by atoms with Crippen molar-refractivity contribution in [2.24, 2.45) is 39.9 Å². The van der Waals surface area contributed by atoms with E-state index in [-0.39, 0.29) is 46.2 Å². The van der Waals surface area contributed by atoms with E-state index in [0.29, 0.717) is 12.0 Å². The van der Waals surface area contributed by atoms with Gasteiger partial charge in [0.15, 0.2) is 0 Å². The van der Waals surface area contributed by atoms with E-state index in [1.165, 1.54) is 24.3 Å². The molecule has 8 nitrogen and oxygen atoms in total. The van der Waals surface area contributed by atoms with Gasteiger partial charge < -0.3 is 14.9 Å². The Bertz CT molecular complexity index is 1230. The zero-order valence-corrected chi connectivity index (χ0v) is 19.7. The van der Waals surface area contributed by atoms with Crippen LogP contribution in [0.3, 0.4) is 0 Å². The van der Waals surface area contributed by atoms with Crippen molar-refractivity contribution in [3.63, 3.8) is 0 Å². The second-order valence-electron chi connectivity index (χ2n) is 12.9. The van der Waals surface area contributed by atoms with Crippen LogP contribution in [-0.4, -0.2) is 56.5 Å². The number of esters is 1. The largest absolute Gasteiger partial charge is 0.458 e. The molecule has 1 aromatic rings. The molecule has 3 heterocycles. The summed E-state index contributed by atoms with van der Waals surface area (Å²) >= 11 is 0. The van der Waals surface area contributed by atoms with Gasteiger partial charge in [0.25, 0.3) is 5.69 Å². The molecule has 6 saturated carbocycles. The maximum atomic E-state index is 13.4. The number of carbonyl (C=O) groups excluding carboxylic acids is 1. The summed E-state index contributed by atoms with van der Waals surface area (Å²) in [6.45, 7) is 7.51. The number of aliphatic hydroxyl groups excluding tert-OH is 1. The van der Waals surface area contributed by atoms with E-state index in [1.807, 2.05) is 0 Å². The summed E-state index contributed by atoms with van der Waals surface area (Å²) < 4.78 is 6.34. The topological polar surface area (TPSA) is 113 Å². The molecule has 3 saturated heterocycles. The number of benzene rings is 1. The lowest BCUT2D eigenvalue weighted by atomic mass is 9.39. The summed E-state index contributed by atoms with van der Waals surface area (Å²) in [5.74, 6) is -0.197. The Morgan fingerprint density at radius 2 is 2.00 bits per heavy atom. The molecule has 10 rings (SSSR count). The third kappa shape index (κ3) is 1.92. The fraction of sp³-hybridized carbons (Fsp3) is 0.667. The molecule has 35 heavy (non-hydrogen) atoms. The normalized spacial score (nSPS) is 55.5. The van der Waals surface area contributed by atoms with Gasteiger partial charge in [0.1, 0.15) is 11.8 Å². The van der Waals surface area contributed by atoms with E-state index in [2.05, 4.69) is 18.4 Å². The lowest BCUT2D eigenvalue weighted by Gasteiger charge is -2.67. The van der Waals surface area contributed by atoms with Gasteiger partial charge >= 0.3 is 5.97 Å². The van der Waals surface area contributed by atoms with Crippen LogP contribution in [0.15, 0.2) is 36.4 Å². The molecule has 6 aliphatic carbocycles. The molecular weight excluding hydrogens is 448 g/mol. The van der Waals surface area contributed by atoms with Crippen molar-refractivity contribution in [1.82, 2.24) is 4.90 Å². The first-order chi connectivity index (χ1) is 16.6. The van der Waals surface area contributed by atoms with Crippen LogP contribution in [0.2, 0.25) is 0 Å². The molecule has 1 unspecified atom stereocenters. The van der Waals surface area contributed by atoms with Crippen molar-refractivity contribution in [1.29, 1.82) is 0 Å². The van der Waals surface area contributed by atoms with Crippen LogP contribution in [0.4, 0.5) is 5.69 Å². The molecule has 8 heteroatoms. The predicted octanol–water partition coefficient (Wildman–Crippen LogP) is 2.89. The molecule has 0 radical (unpaired) electrons. The lowest BCUT2D eigenvalue weighted by Crippen LogP contribution is -2.72. The highest BCUT2D eigenvalue weighted by Gasteiger charge is 2.93. The third-order valence-electron chi connectivity index (χ3n) is 11.9. The minimum atomic E-state index is -0.898. The molecular formula is C27H30N2O6. The van der Waals surface area contributed by atoms with Gasteiger partial charge in [0.05, 0.1) is 16.6 Å². The lowest BCUT2D eigenvalue weighted by molar-refractivity contribution is -0.384. The quantitative estimate of drug-likeness (QED) is 0.297. The first-order valence-electron chi connectivity index (χ1n) is 12.9. The molecule has 1 aromatic carbocycles. The number of hydrogen-bond acceptors (Lipinski definition) is 7. The number of nitro benzene ring substituents is 1. The van der Waals surface area contributed by atoms with Gasteiger partial charge in [0, 0.05) is 53.3 Å². The van der Waals surface area contributed by atoms with Gasteiger partial charge in [-0.1, -0.05) is 19.9 Å². The highest BCUT2D eigenvalue weighted by molar-refractivity contribution is 5.89. The number of carbonyl (C=O) groups is 1. The Morgan fingerprint density at radius 3 is 2.71 bits per heavy atom.